The van der Waals surface area contributed by atoms with Crippen molar-refractivity contribution in [2.24, 2.45) is 5.92 Å². The van der Waals surface area contributed by atoms with E-state index >= 15 is 0 Å². The van der Waals surface area contributed by atoms with Crippen LogP contribution in [0.5, 0.6) is 5.75 Å². The van der Waals surface area contributed by atoms with Crippen LogP contribution in [0.25, 0.3) is 10.8 Å². The minimum atomic E-state index is -0.0531. The van der Waals surface area contributed by atoms with E-state index in [1.165, 1.54) is 11.8 Å². The average molecular weight is 382 g/mol. The second-order valence-corrected chi connectivity index (χ2v) is 7.55. The molecule has 1 N–H and O–H groups in total. The first-order valence-corrected chi connectivity index (χ1v) is 9.83. The van der Waals surface area contributed by atoms with Gasteiger partial charge in [0.25, 0.3) is 0 Å². The first kappa shape index (κ1) is 19.2. The molecule has 0 aliphatic rings. The topological polar surface area (TPSA) is 64.1 Å². The molecule has 1 amide bonds. The van der Waals surface area contributed by atoms with Gasteiger partial charge in [-0.15, -0.1) is 5.10 Å². The zero-order chi connectivity index (χ0) is 19.2. The number of thioether (sulfide) groups is 1. The summed E-state index contributed by atoms with van der Waals surface area (Å²) in [6.07, 6.45) is 1.73. The van der Waals surface area contributed by atoms with Crippen LogP contribution in [0.1, 0.15) is 25.5 Å². The van der Waals surface area contributed by atoms with Crippen molar-refractivity contribution in [2.45, 2.75) is 24.9 Å². The number of amides is 1. The molecule has 0 fully saturated rings. The van der Waals surface area contributed by atoms with Crippen LogP contribution < -0.4 is 10.1 Å². The minimum Gasteiger partial charge on any atom is -0.497 e. The van der Waals surface area contributed by atoms with E-state index in [4.69, 9.17) is 4.74 Å². The quantitative estimate of drug-likeness (QED) is 0.620. The third-order valence-electron chi connectivity index (χ3n) is 4.33. The first-order valence-electron chi connectivity index (χ1n) is 8.85. The number of ether oxygens (including phenoxy) is 1. The fourth-order valence-electron chi connectivity index (χ4n) is 2.90. The molecule has 1 atom stereocenters. The molecule has 5 nitrogen and oxygen atoms in total. The van der Waals surface area contributed by atoms with Crippen molar-refractivity contribution in [3.05, 3.63) is 60.3 Å². The normalized spacial score (nSPS) is 12.1. The van der Waals surface area contributed by atoms with Crippen molar-refractivity contribution in [1.29, 1.82) is 0 Å². The molecule has 0 saturated carbocycles. The number of benzene rings is 2. The smallest absolute Gasteiger partial charge is 0.230 e. The Bertz CT molecular complexity index is 907. The van der Waals surface area contributed by atoms with E-state index in [0.717, 1.165) is 27.1 Å². The summed E-state index contributed by atoms with van der Waals surface area (Å²) in [5.41, 5.74) is 1.06. The van der Waals surface area contributed by atoms with Crippen LogP contribution in [0.3, 0.4) is 0 Å². The lowest BCUT2D eigenvalue weighted by atomic mass is 9.96. The van der Waals surface area contributed by atoms with Crippen molar-refractivity contribution in [3.63, 3.8) is 0 Å². The molecule has 0 aliphatic carbocycles. The van der Waals surface area contributed by atoms with Crippen molar-refractivity contribution in [1.82, 2.24) is 15.5 Å². The van der Waals surface area contributed by atoms with Crippen molar-refractivity contribution < 1.29 is 9.53 Å². The molecule has 0 saturated heterocycles. The van der Waals surface area contributed by atoms with Gasteiger partial charge in [-0.05, 0) is 23.6 Å². The largest absolute Gasteiger partial charge is 0.497 e. The Morgan fingerprint density at radius 1 is 1.15 bits per heavy atom. The number of fused-ring (bicyclic) bond motifs is 1. The molecule has 140 valence electrons. The molecular weight excluding hydrogens is 358 g/mol. The number of aromatic nitrogens is 2. The zero-order valence-electron chi connectivity index (χ0n) is 15.7. The lowest BCUT2D eigenvalue weighted by molar-refractivity contribution is -0.119. The highest BCUT2D eigenvalue weighted by Gasteiger charge is 2.19. The van der Waals surface area contributed by atoms with E-state index in [-0.39, 0.29) is 17.9 Å². The summed E-state index contributed by atoms with van der Waals surface area (Å²) in [4.78, 5) is 12.6. The maximum atomic E-state index is 12.6. The second-order valence-electron chi connectivity index (χ2n) is 6.59. The number of carbonyl (C=O) groups is 1. The van der Waals surface area contributed by atoms with Gasteiger partial charge in [0.15, 0.2) is 0 Å². The standard InChI is InChI=1S/C21H23N3O2S/c1-14(2)20(15-8-10-17(26-3)11-9-15)23-19(25)13-27-21-18-7-5-4-6-16(18)12-22-24-21/h4-12,14,20H,13H2,1-3H3,(H,23,25). The molecule has 0 bridgehead atoms. The number of hydrogen-bond donors (Lipinski definition) is 1. The predicted molar refractivity (Wildman–Crippen MR) is 109 cm³/mol. The lowest BCUT2D eigenvalue weighted by Gasteiger charge is -2.23. The van der Waals surface area contributed by atoms with E-state index in [1.54, 1.807) is 13.3 Å². The Morgan fingerprint density at radius 3 is 2.59 bits per heavy atom. The molecule has 0 radical (unpaired) electrons. The number of methoxy groups -OCH3 is 1. The number of nitrogens with one attached hydrogen (secondary N) is 1. The highest BCUT2D eigenvalue weighted by atomic mass is 32.2. The Kier molecular flexibility index (Phi) is 6.29. The number of hydrogen-bond acceptors (Lipinski definition) is 5. The fraction of sp³-hybridized carbons (Fsp3) is 0.286. The lowest BCUT2D eigenvalue weighted by Crippen LogP contribution is -2.33. The highest BCUT2D eigenvalue weighted by Crippen LogP contribution is 2.26. The van der Waals surface area contributed by atoms with Crippen LogP contribution in [0.4, 0.5) is 0 Å². The molecule has 27 heavy (non-hydrogen) atoms. The number of carbonyl (C=O) groups excluding carboxylic acids is 1. The van der Waals surface area contributed by atoms with Crippen LogP contribution in [-0.2, 0) is 4.79 Å². The van der Waals surface area contributed by atoms with Gasteiger partial charge in [0.05, 0.1) is 25.1 Å². The third-order valence-corrected chi connectivity index (χ3v) is 5.32. The first-order chi connectivity index (χ1) is 13.1. The molecule has 3 rings (SSSR count). The fourth-order valence-corrected chi connectivity index (χ4v) is 3.70. The molecular formula is C21H23N3O2S. The van der Waals surface area contributed by atoms with E-state index in [0.29, 0.717) is 5.75 Å². The van der Waals surface area contributed by atoms with Gasteiger partial charge in [0, 0.05) is 10.8 Å². The predicted octanol–water partition coefficient (Wildman–Crippen LogP) is 4.24. The minimum absolute atomic E-state index is 0.0238. The van der Waals surface area contributed by atoms with Gasteiger partial charge >= 0.3 is 0 Å². The molecule has 0 spiro atoms. The summed E-state index contributed by atoms with van der Waals surface area (Å²) >= 11 is 1.41. The van der Waals surface area contributed by atoms with Gasteiger partial charge in [-0.2, -0.15) is 5.10 Å². The van der Waals surface area contributed by atoms with Crippen LogP contribution in [0, 0.1) is 5.92 Å². The van der Waals surface area contributed by atoms with Crippen molar-refractivity contribution >= 4 is 28.4 Å². The Balaban J connectivity index is 1.67. The van der Waals surface area contributed by atoms with Crippen molar-refractivity contribution in [3.8, 4) is 5.75 Å². The summed E-state index contributed by atoms with van der Waals surface area (Å²) in [5.74, 6) is 1.34. The summed E-state index contributed by atoms with van der Waals surface area (Å²) in [6.45, 7) is 4.19. The van der Waals surface area contributed by atoms with Crippen LogP contribution in [0.2, 0.25) is 0 Å². The van der Waals surface area contributed by atoms with Crippen LogP contribution in [0.15, 0.2) is 59.8 Å². The molecule has 0 aliphatic heterocycles. The molecule has 1 unspecified atom stereocenters. The molecule has 1 heterocycles. The summed E-state index contributed by atoms with van der Waals surface area (Å²) < 4.78 is 5.21. The van der Waals surface area contributed by atoms with E-state index in [9.17, 15) is 4.79 Å². The summed E-state index contributed by atoms with van der Waals surface area (Å²) in [7, 11) is 1.64. The van der Waals surface area contributed by atoms with Crippen LogP contribution >= 0.6 is 11.8 Å². The van der Waals surface area contributed by atoms with Gasteiger partial charge in [-0.25, -0.2) is 0 Å². The van der Waals surface area contributed by atoms with Gasteiger partial charge in [-0.3, -0.25) is 4.79 Å². The second kappa shape index (κ2) is 8.86. The Hall–Kier alpha value is -2.60. The van der Waals surface area contributed by atoms with Crippen molar-refractivity contribution in [2.75, 3.05) is 12.9 Å². The summed E-state index contributed by atoms with van der Waals surface area (Å²) in [5, 5.41) is 14.2. The van der Waals surface area contributed by atoms with E-state index in [2.05, 4.69) is 29.4 Å². The molecule has 1 aromatic heterocycles. The third kappa shape index (κ3) is 4.77. The van der Waals surface area contributed by atoms with Gasteiger partial charge in [0.2, 0.25) is 5.91 Å². The highest BCUT2D eigenvalue weighted by molar-refractivity contribution is 8.00. The SMILES string of the molecule is COc1ccc(C(NC(=O)CSc2nncc3ccccc23)C(C)C)cc1. The number of nitrogens with zero attached hydrogens (tertiary/aromatic N) is 2. The Morgan fingerprint density at radius 2 is 1.89 bits per heavy atom. The zero-order valence-corrected chi connectivity index (χ0v) is 16.5. The maximum absolute atomic E-state index is 12.6. The van der Waals surface area contributed by atoms with E-state index in [1.807, 2.05) is 48.5 Å². The molecule has 2 aromatic carbocycles. The van der Waals surface area contributed by atoms with Gasteiger partial charge in [-0.1, -0.05) is 62.0 Å². The van der Waals surface area contributed by atoms with E-state index < -0.39 is 0 Å². The summed E-state index contributed by atoms with van der Waals surface area (Å²) in [6, 6.07) is 15.7. The molecule has 3 aromatic rings. The Labute approximate surface area is 163 Å². The van der Waals surface area contributed by atoms with Gasteiger partial charge in [0.1, 0.15) is 10.8 Å². The number of rotatable bonds is 7. The average Bonchev–Trinajstić information content (AvgIpc) is 2.70. The monoisotopic (exact) mass is 381 g/mol. The molecule has 6 heteroatoms. The van der Waals surface area contributed by atoms with Crippen LogP contribution in [-0.4, -0.2) is 29.0 Å². The van der Waals surface area contributed by atoms with Gasteiger partial charge < -0.3 is 10.1 Å². The maximum Gasteiger partial charge on any atom is 0.230 e.